The molecule has 184 valence electrons. The third-order valence-corrected chi connectivity index (χ3v) is 6.75. The van der Waals surface area contributed by atoms with Crippen LogP contribution in [0.1, 0.15) is 27.7 Å². The van der Waals surface area contributed by atoms with Gasteiger partial charge in [0.25, 0.3) is 0 Å². The van der Waals surface area contributed by atoms with Crippen molar-refractivity contribution in [2.45, 2.75) is 19.7 Å². The van der Waals surface area contributed by atoms with E-state index in [2.05, 4.69) is 10.1 Å². The molecule has 0 radical (unpaired) electrons. The molecule has 11 heteroatoms. The predicted octanol–water partition coefficient (Wildman–Crippen LogP) is 5.86. The van der Waals surface area contributed by atoms with E-state index in [0.29, 0.717) is 33.7 Å². The van der Waals surface area contributed by atoms with Gasteiger partial charge in [0.2, 0.25) is 5.91 Å². The number of carboxylic acids is 1. The second kappa shape index (κ2) is 11.4. The first-order chi connectivity index (χ1) is 16.6. The number of carbonyl (C=O) groups excluding carboxylic acids is 2. The van der Waals surface area contributed by atoms with Gasteiger partial charge in [-0.15, -0.1) is 36.3 Å². The lowest BCUT2D eigenvalue weighted by Crippen LogP contribution is -2.17. The minimum absolute atomic E-state index is 0.0666. The van der Waals surface area contributed by atoms with E-state index in [1.165, 1.54) is 35.6 Å². The highest BCUT2D eigenvalue weighted by molar-refractivity contribution is 8.00. The summed E-state index contributed by atoms with van der Waals surface area (Å²) in [7, 11) is 0. The normalized spacial score (nSPS) is 11.2. The number of hydrogen-bond acceptors (Lipinski definition) is 6. The summed E-state index contributed by atoms with van der Waals surface area (Å²) in [6.07, 6.45) is -4.13. The van der Waals surface area contributed by atoms with Gasteiger partial charge in [-0.25, -0.2) is 0 Å². The van der Waals surface area contributed by atoms with Crippen molar-refractivity contribution in [3.63, 3.8) is 0 Å². The molecule has 0 fully saturated rings. The molecule has 6 nitrogen and oxygen atoms in total. The SMILES string of the molecule is CCc1cc(C(=O)c2cccc(-c3ccc(OC(F)(F)F)cc3)c2)c(NC(=O)CSCC(=O)O)s1. The molecule has 1 heterocycles. The number of amides is 1. The Bertz CT molecular complexity index is 1220. The smallest absolute Gasteiger partial charge is 0.481 e. The summed E-state index contributed by atoms with van der Waals surface area (Å²) >= 11 is 2.23. The van der Waals surface area contributed by atoms with E-state index in [0.717, 1.165) is 16.6 Å². The average Bonchev–Trinajstić information content (AvgIpc) is 3.20. The first kappa shape index (κ1) is 26.3. The van der Waals surface area contributed by atoms with Crippen molar-refractivity contribution in [1.82, 2.24) is 0 Å². The predicted molar refractivity (Wildman–Crippen MR) is 129 cm³/mol. The number of carbonyl (C=O) groups is 3. The number of halogens is 3. The lowest BCUT2D eigenvalue weighted by atomic mass is 9.98. The van der Waals surface area contributed by atoms with Crippen LogP contribution in [-0.2, 0) is 16.0 Å². The number of alkyl halides is 3. The Kier molecular flexibility index (Phi) is 8.57. The molecule has 35 heavy (non-hydrogen) atoms. The molecule has 0 unspecified atom stereocenters. The maximum atomic E-state index is 13.3. The Morgan fingerprint density at radius 3 is 2.37 bits per heavy atom. The van der Waals surface area contributed by atoms with Crippen molar-refractivity contribution in [3.8, 4) is 16.9 Å². The van der Waals surface area contributed by atoms with Crippen molar-refractivity contribution in [3.05, 3.63) is 70.6 Å². The molecule has 0 saturated carbocycles. The number of aryl methyl sites for hydroxylation is 1. The fourth-order valence-electron chi connectivity index (χ4n) is 3.12. The molecule has 2 aromatic carbocycles. The Balaban J connectivity index is 1.81. The molecule has 0 saturated heterocycles. The number of anilines is 1. The average molecular weight is 524 g/mol. The molecule has 0 aliphatic rings. The van der Waals surface area contributed by atoms with Crippen LogP contribution in [0.3, 0.4) is 0 Å². The van der Waals surface area contributed by atoms with Crippen LogP contribution in [0.25, 0.3) is 11.1 Å². The lowest BCUT2D eigenvalue weighted by molar-refractivity contribution is -0.274. The first-order valence-electron chi connectivity index (χ1n) is 10.3. The number of carboxylic acid groups (broad SMARTS) is 1. The summed E-state index contributed by atoms with van der Waals surface area (Å²) in [5, 5.41) is 11.8. The number of aliphatic carboxylic acids is 1. The van der Waals surface area contributed by atoms with Crippen LogP contribution in [0.15, 0.2) is 54.6 Å². The van der Waals surface area contributed by atoms with E-state index < -0.39 is 18.2 Å². The van der Waals surface area contributed by atoms with Crippen molar-refractivity contribution in [1.29, 1.82) is 0 Å². The fourth-order valence-corrected chi connectivity index (χ4v) is 4.66. The number of thioether (sulfide) groups is 1. The zero-order chi connectivity index (χ0) is 25.6. The summed E-state index contributed by atoms with van der Waals surface area (Å²) in [5.41, 5.74) is 1.87. The molecule has 0 aliphatic heterocycles. The van der Waals surface area contributed by atoms with E-state index in [1.54, 1.807) is 30.3 Å². The van der Waals surface area contributed by atoms with Crippen LogP contribution in [0.4, 0.5) is 18.2 Å². The second-order valence-electron chi connectivity index (χ2n) is 7.23. The number of benzene rings is 2. The van der Waals surface area contributed by atoms with Gasteiger partial charge in [0.1, 0.15) is 10.8 Å². The number of ketones is 1. The maximum Gasteiger partial charge on any atom is 0.573 e. The van der Waals surface area contributed by atoms with Gasteiger partial charge >= 0.3 is 12.3 Å². The molecule has 1 amide bonds. The standard InChI is InChI=1S/C24H20F3NO5S2/c1-2-18-11-19(23(35-18)28-20(29)12-34-13-21(30)31)22(32)16-5-3-4-15(10-16)14-6-8-17(9-7-14)33-24(25,26)27/h3-11H,2,12-13H2,1H3,(H,28,29)(H,30,31). The van der Waals surface area contributed by atoms with E-state index in [-0.39, 0.29) is 23.0 Å². The topological polar surface area (TPSA) is 92.7 Å². The third-order valence-electron chi connectivity index (χ3n) is 4.63. The van der Waals surface area contributed by atoms with Crippen LogP contribution < -0.4 is 10.1 Å². The minimum atomic E-state index is -4.78. The third kappa shape index (κ3) is 7.59. The zero-order valence-electron chi connectivity index (χ0n) is 18.3. The number of thiophene rings is 1. The Labute approximate surface area is 207 Å². The first-order valence-corrected chi connectivity index (χ1v) is 12.3. The summed E-state index contributed by atoms with van der Waals surface area (Å²) in [4.78, 5) is 37.1. The van der Waals surface area contributed by atoms with Gasteiger partial charge in [0.15, 0.2) is 5.78 Å². The van der Waals surface area contributed by atoms with Crippen molar-refractivity contribution < 1.29 is 37.4 Å². The molecule has 1 aromatic heterocycles. The quantitative estimate of drug-likeness (QED) is 0.323. The molecule has 0 spiro atoms. The summed E-state index contributed by atoms with van der Waals surface area (Å²) in [6.45, 7) is 1.92. The van der Waals surface area contributed by atoms with Crippen LogP contribution in [0.2, 0.25) is 0 Å². The highest BCUT2D eigenvalue weighted by atomic mass is 32.2. The van der Waals surface area contributed by atoms with Crippen LogP contribution in [-0.4, -0.2) is 40.6 Å². The maximum absolute atomic E-state index is 13.3. The zero-order valence-corrected chi connectivity index (χ0v) is 20.0. The van der Waals surface area contributed by atoms with Gasteiger partial charge in [-0.2, -0.15) is 0 Å². The Morgan fingerprint density at radius 1 is 1.03 bits per heavy atom. The number of hydrogen-bond donors (Lipinski definition) is 2. The van der Waals surface area contributed by atoms with E-state index in [9.17, 15) is 27.6 Å². The molecule has 2 N–H and O–H groups in total. The summed E-state index contributed by atoms with van der Waals surface area (Å²) in [6, 6.07) is 13.7. The molecule has 0 atom stereocenters. The summed E-state index contributed by atoms with van der Waals surface area (Å²) in [5.74, 6) is -2.38. The molecule has 3 aromatic rings. The fraction of sp³-hybridized carbons (Fsp3) is 0.208. The van der Waals surface area contributed by atoms with Gasteiger partial charge in [0.05, 0.1) is 17.1 Å². The van der Waals surface area contributed by atoms with Gasteiger partial charge in [-0.05, 0) is 41.8 Å². The Morgan fingerprint density at radius 2 is 1.74 bits per heavy atom. The van der Waals surface area contributed by atoms with E-state index >= 15 is 0 Å². The van der Waals surface area contributed by atoms with Crippen molar-refractivity contribution >= 4 is 45.8 Å². The lowest BCUT2D eigenvalue weighted by Gasteiger charge is -2.10. The Hall–Kier alpha value is -3.31. The van der Waals surface area contributed by atoms with Gasteiger partial charge in [0, 0.05) is 10.4 Å². The van der Waals surface area contributed by atoms with Gasteiger partial charge < -0.3 is 15.2 Å². The molecule has 0 aliphatic carbocycles. The van der Waals surface area contributed by atoms with E-state index in [1.807, 2.05) is 6.92 Å². The largest absolute Gasteiger partial charge is 0.573 e. The molecular formula is C24H20F3NO5S2. The highest BCUT2D eigenvalue weighted by Crippen LogP contribution is 2.32. The molecule has 3 rings (SSSR count). The number of ether oxygens (including phenoxy) is 1. The van der Waals surface area contributed by atoms with Gasteiger partial charge in [-0.1, -0.05) is 37.3 Å². The minimum Gasteiger partial charge on any atom is -0.481 e. The van der Waals surface area contributed by atoms with Crippen LogP contribution in [0, 0.1) is 0 Å². The van der Waals surface area contributed by atoms with E-state index in [4.69, 9.17) is 5.11 Å². The number of nitrogens with one attached hydrogen (secondary N) is 1. The van der Waals surface area contributed by atoms with Crippen LogP contribution in [0.5, 0.6) is 5.75 Å². The number of rotatable bonds is 10. The molecule has 0 bridgehead atoms. The van der Waals surface area contributed by atoms with Gasteiger partial charge in [-0.3, -0.25) is 14.4 Å². The summed E-state index contributed by atoms with van der Waals surface area (Å²) < 4.78 is 41.1. The second-order valence-corrected chi connectivity index (χ2v) is 9.35. The molecular weight excluding hydrogens is 503 g/mol. The van der Waals surface area contributed by atoms with Crippen molar-refractivity contribution in [2.75, 3.05) is 16.8 Å². The highest BCUT2D eigenvalue weighted by Gasteiger charge is 2.31. The monoisotopic (exact) mass is 523 g/mol. The van der Waals surface area contributed by atoms with Crippen molar-refractivity contribution in [2.24, 2.45) is 0 Å². The van der Waals surface area contributed by atoms with Crippen LogP contribution >= 0.6 is 23.1 Å².